The van der Waals surface area contributed by atoms with Crippen LogP contribution < -0.4 is 10.1 Å². The van der Waals surface area contributed by atoms with Crippen molar-refractivity contribution in [3.05, 3.63) is 67.3 Å². The van der Waals surface area contributed by atoms with Crippen LogP contribution in [-0.4, -0.2) is 38.3 Å². The van der Waals surface area contributed by atoms with Crippen molar-refractivity contribution in [1.29, 1.82) is 0 Å². The lowest BCUT2D eigenvalue weighted by molar-refractivity contribution is -0.120. The van der Waals surface area contributed by atoms with Gasteiger partial charge in [-0.05, 0) is 49.2 Å². The molecule has 6 nitrogen and oxygen atoms in total. The van der Waals surface area contributed by atoms with Gasteiger partial charge in [0.05, 0.1) is 10.8 Å². The SMILES string of the molecule is C=CCOc1ccc(NC(=O)[C@H]2CCCN(S(=O)(=O)c3ccccc3)C2)cc1. The highest BCUT2D eigenvalue weighted by atomic mass is 32.2. The number of sulfonamides is 1. The van der Waals surface area contributed by atoms with Crippen LogP contribution in [0.1, 0.15) is 12.8 Å². The number of ether oxygens (including phenoxy) is 1. The van der Waals surface area contributed by atoms with Gasteiger partial charge in [-0.2, -0.15) is 4.31 Å². The Morgan fingerprint density at radius 1 is 1.18 bits per heavy atom. The zero-order valence-corrected chi connectivity index (χ0v) is 16.4. The van der Waals surface area contributed by atoms with Crippen molar-refractivity contribution in [3.8, 4) is 5.75 Å². The molecule has 0 bridgehead atoms. The summed E-state index contributed by atoms with van der Waals surface area (Å²) in [5, 5.41) is 2.87. The van der Waals surface area contributed by atoms with Crippen molar-refractivity contribution in [2.24, 2.45) is 5.92 Å². The highest BCUT2D eigenvalue weighted by molar-refractivity contribution is 7.89. The highest BCUT2D eigenvalue weighted by Gasteiger charge is 2.33. The number of nitrogens with zero attached hydrogens (tertiary/aromatic N) is 1. The number of carbonyl (C=O) groups excluding carboxylic acids is 1. The third kappa shape index (κ3) is 4.79. The van der Waals surface area contributed by atoms with Crippen molar-refractivity contribution in [2.75, 3.05) is 25.0 Å². The Hall–Kier alpha value is -2.64. The van der Waals surface area contributed by atoms with Crippen LogP contribution in [-0.2, 0) is 14.8 Å². The van der Waals surface area contributed by atoms with Crippen molar-refractivity contribution < 1.29 is 17.9 Å². The number of hydrogen-bond acceptors (Lipinski definition) is 4. The molecule has 148 valence electrons. The van der Waals surface area contributed by atoms with Crippen LogP contribution in [0.2, 0.25) is 0 Å². The molecule has 1 N–H and O–H groups in total. The molecule has 2 aromatic rings. The molecular formula is C21H24N2O4S. The topological polar surface area (TPSA) is 75.7 Å². The molecule has 0 unspecified atom stereocenters. The first-order valence-corrected chi connectivity index (χ1v) is 10.6. The Kier molecular flexibility index (Phi) is 6.49. The molecule has 2 aromatic carbocycles. The van der Waals surface area contributed by atoms with E-state index in [2.05, 4.69) is 11.9 Å². The van der Waals surface area contributed by atoms with Gasteiger partial charge in [-0.25, -0.2) is 8.42 Å². The van der Waals surface area contributed by atoms with Gasteiger partial charge in [0, 0.05) is 18.8 Å². The highest BCUT2D eigenvalue weighted by Crippen LogP contribution is 2.25. The summed E-state index contributed by atoms with van der Waals surface area (Å²) in [4.78, 5) is 12.9. The maximum atomic E-state index is 12.8. The van der Waals surface area contributed by atoms with Crippen LogP contribution in [0.25, 0.3) is 0 Å². The molecule has 1 fully saturated rings. The maximum Gasteiger partial charge on any atom is 0.243 e. The van der Waals surface area contributed by atoms with Crippen LogP contribution in [0.15, 0.2) is 72.1 Å². The second-order valence-electron chi connectivity index (χ2n) is 6.63. The summed E-state index contributed by atoms with van der Waals surface area (Å²) < 4.78 is 32.4. The fourth-order valence-electron chi connectivity index (χ4n) is 3.15. The Morgan fingerprint density at radius 3 is 2.57 bits per heavy atom. The first-order chi connectivity index (χ1) is 13.5. The monoisotopic (exact) mass is 400 g/mol. The number of carbonyl (C=O) groups is 1. The van der Waals surface area contributed by atoms with Crippen molar-refractivity contribution in [1.82, 2.24) is 4.31 Å². The van der Waals surface area contributed by atoms with E-state index >= 15 is 0 Å². The zero-order valence-electron chi connectivity index (χ0n) is 15.6. The maximum absolute atomic E-state index is 12.8. The van der Waals surface area contributed by atoms with E-state index in [9.17, 15) is 13.2 Å². The van der Waals surface area contributed by atoms with E-state index in [1.54, 1.807) is 60.7 Å². The molecule has 0 aliphatic carbocycles. The lowest BCUT2D eigenvalue weighted by Gasteiger charge is -2.31. The standard InChI is InChI=1S/C21H24N2O4S/c1-2-15-27-19-12-10-18(11-13-19)22-21(24)17-7-6-14-23(16-17)28(25,26)20-8-4-3-5-9-20/h2-5,8-13,17H,1,6-7,14-16H2,(H,22,24)/t17-/m0/s1. The summed E-state index contributed by atoms with van der Waals surface area (Å²) in [6.07, 6.45) is 2.97. The normalized spacial score (nSPS) is 17.6. The summed E-state index contributed by atoms with van der Waals surface area (Å²) in [6.45, 7) is 4.63. The van der Waals surface area contributed by atoms with Crippen LogP contribution in [0, 0.1) is 5.92 Å². The minimum Gasteiger partial charge on any atom is -0.490 e. The van der Waals surface area contributed by atoms with Gasteiger partial charge in [0.2, 0.25) is 15.9 Å². The smallest absolute Gasteiger partial charge is 0.243 e. The van der Waals surface area contributed by atoms with Crippen LogP contribution in [0.3, 0.4) is 0 Å². The van der Waals surface area contributed by atoms with Crippen molar-refractivity contribution in [3.63, 3.8) is 0 Å². The number of anilines is 1. The fraction of sp³-hybridized carbons (Fsp3) is 0.286. The Morgan fingerprint density at radius 2 is 1.89 bits per heavy atom. The summed E-state index contributed by atoms with van der Waals surface area (Å²) in [5.74, 6) is 0.132. The van der Waals surface area contributed by atoms with E-state index in [-0.39, 0.29) is 23.3 Å². The number of nitrogens with one attached hydrogen (secondary N) is 1. The number of rotatable bonds is 7. The molecule has 1 aliphatic heterocycles. The number of benzene rings is 2. The molecular weight excluding hydrogens is 376 g/mol. The van der Waals surface area contributed by atoms with Gasteiger partial charge >= 0.3 is 0 Å². The first kappa shape index (κ1) is 20.1. The predicted molar refractivity (Wildman–Crippen MR) is 109 cm³/mol. The van der Waals surface area contributed by atoms with E-state index < -0.39 is 10.0 Å². The summed E-state index contributed by atoms with van der Waals surface area (Å²) >= 11 is 0. The molecule has 0 radical (unpaired) electrons. The predicted octanol–water partition coefficient (Wildman–Crippen LogP) is 3.29. The molecule has 0 aromatic heterocycles. The third-order valence-corrected chi connectivity index (χ3v) is 6.50. The average molecular weight is 401 g/mol. The molecule has 1 heterocycles. The molecule has 0 saturated carbocycles. The third-order valence-electron chi connectivity index (χ3n) is 4.63. The Bertz CT molecular complexity index is 911. The second kappa shape index (κ2) is 9.03. The average Bonchev–Trinajstić information content (AvgIpc) is 2.74. The summed E-state index contributed by atoms with van der Waals surface area (Å²) in [6, 6.07) is 15.4. The first-order valence-electron chi connectivity index (χ1n) is 9.20. The summed E-state index contributed by atoms with van der Waals surface area (Å²) in [7, 11) is -3.59. The molecule has 28 heavy (non-hydrogen) atoms. The molecule has 1 atom stereocenters. The molecule has 0 spiro atoms. The van der Waals surface area contributed by atoms with E-state index in [0.29, 0.717) is 37.4 Å². The van der Waals surface area contributed by atoms with E-state index in [0.717, 1.165) is 0 Å². The number of amides is 1. The van der Waals surface area contributed by atoms with Crippen LogP contribution in [0.5, 0.6) is 5.75 Å². The van der Waals surface area contributed by atoms with Gasteiger partial charge in [-0.15, -0.1) is 0 Å². The summed E-state index contributed by atoms with van der Waals surface area (Å²) in [5.41, 5.74) is 0.652. The molecule has 3 rings (SSSR count). The molecule has 1 amide bonds. The van der Waals surface area contributed by atoms with Gasteiger partial charge in [0.1, 0.15) is 12.4 Å². The van der Waals surface area contributed by atoms with Gasteiger partial charge in [-0.1, -0.05) is 30.9 Å². The van der Waals surface area contributed by atoms with Crippen molar-refractivity contribution in [2.45, 2.75) is 17.7 Å². The Balaban J connectivity index is 1.64. The number of hydrogen-bond donors (Lipinski definition) is 1. The molecule has 7 heteroatoms. The lowest BCUT2D eigenvalue weighted by Crippen LogP contribution is -2.43. The van der Waals surface area contributed by atoms with Gasteiger partial charge in [-0.3, -0.25) is 4.79 Å². The van der Waals surface area contributed by atoms with Crippen molar-refractivity contribution >= 4 is 21.6 Å². The lowest BCUT2D eigenvalue weighted by atomic mass is 9.99. The Labute approximate surface area is 165 Å². The van der Waals surface area contributed by atoms with E-state index in [4.69, 9.17) is 4.74 Å². The van der Waals surface area contributed by atoms with Crippen LogP contribution >= 0.6 is 0 Å². The zero-order chi connectivity index (χ0) is 20.0. The molecule has 1 aliphatic rings. The van der Waals surface area contributed by atoms with Gasteiger partial charge in [0.15, 0.2) is 0 Å². The quantitative estimate of drug-likeness (QED) is 0.724. The fourth-order valence-corrected chi connectivity index (χ4v) is 4.70. The van der Waals surface area contributed by atoms with E-state index in [1.165, 1.54) is 4.31 Å². The minimum atomic E-state index is -3.59. The minimum absolute atomic E-state index is 0.173. The molecule has 1 saturated heterocycles. The van der Waals surface area contributed by atoms with E-state index in [1.807, 2.05) is 0 Å². The van der Waals surface area contributed by atoms with Crippen LogP contribution in [0.4, 0.5) is 5.69 Å². The number of piperidine rings is 1. The van der Waals surface area contributed by atoms with Gasteiger partial charge in [0.25, 0.3) is 0 Å². The van der Waals surface area contributed by atoms with Gasteiger partial charge < -0.3 is 10.1 Å². The largest absolute Gasteiger partial charge is 0.490 e. The second-order valence-corrected chi connectivity index (χ2v) is 8.57.